The van der Waals surface area contributed by atoms with E-state index in [0.717, 1.165) is 0 Å². The van der Waals surface area contributed by atoms with Gasteiger partial charge in [0.15, 0.2) is 4.67 Å². The van der Waals surface area contributed by atoms with Crippen molar-refractivity contribution in [3.05, 3.63) is 46.8 Å². The molecule has 2 rings (SSSR count). The van der Waals surface area contributed by atoms with Crippen LogP contribution in [0.15, 0.2) is 50.6 Å². The van der Waals surface area contributed by atoms with Crippen molar-refractivity contribution in [3.8, 4) is 0 Å². The molecule has 0 aliphatic heterocycles. The zero-order chi connectivity index (χ0) is 14.8. The van der Waals surface area contributed by atoms with Crippen molar-refractivity contribution in [2.45, 2.75) is 10.4 Å². The van der Waals surface area contributed by atoms with E-state index in [0.29, 0.717) is 15.9 Å². The molecule has 0 unspecified atom stereocenters. The number of carbonyl (C=O) groups excluding carboxylic acids is 1. The molecule has 1 aromatic heterocycles. The smallest absolute Gasteiger partial charge is 0.446 e. The molecular formula is C12H7BrF3NO2S. The lowest BCUT2D eigenvalue weighted by atomic mass is 10.3. The van der Waals surface area contributed by atoms with E-state index in [4.69, 9.17) is 4.42 Å². The molecule has 0 spiro atoms. The summed E-state index contributed by atoms with van der Waals surface area (Å²) >= 11 is 2.86. The Morgan fingerprint density at radius 1 is 1.20 bits per heavy atom. The molecule has 0 saturated heterocycles. The zero-order valence-electron chi connectivity index (χ0n) is 9.70. The zero-order valence-corrected chi connectivity index (χ0v) is 12.1. The van der Waals surface area contributed by atoms with Crippen LogP contribution in [0.3, 0.4) is 0 Å². The number of thioether (sulfide) groups is 1. The van der Waals surface area contributed by atoms with Gasteiger partial charge in [0.2, 0.25) is 0 Å². The number of furan rings is 1. The van der Waals surface area contributed by atoms with E-state index >= 15 is 0 Å². The van der Waals surface area contributed by atoms with Crippen LogP contribution in [-0.4, -0.2) is 11.4 Å². The van der Waals surface area contributed by atoms with Crippen molar-refractivity contribution in [2.75, 3.05) is 5.32 Å². The van der Waals surface area contributed by atoms with Crippen molar-refractivity contribution >= 4 is 39.3 Å². The number of rotatable bonds is 3. The molecule has 3 nitrogen and oxygen atoms in total. The first-order chi connectivity index (χ1) is 9.35. The Morgan fingerprint density at radius 3 is 2.35 bits per heavy atom. The van der Waals surface area contributed by atoms with Gasteiger partial charge < -0.3 is 9.73 Å². The van der Waals surface area contributed by atoms with Gasteiger partial charge in [0.1, 0.15) is 0 Å². The molecule has 0 radical (unpaired) electrons. The maximum Gasteiger partial charge on any atom is 0.446 e. The molecule has 0 saturated carbocycles. The minimum Gasteiger partial charge on any atom is -0.457 e. The minimum absolute atomic E-state index is 0.0555. The molecule has 0 atom stereocenters. The highest BCUT2D eigenvalue weighted by atomic mass is 79.9. The van der Waals surface area contributed by atoms with E-state index in [9.17, 15) is 18.0 Å². The topological polar surface area (TPSA) is 42.2 Å². The maximum absolute atomic E-state index is 12.2. The van der Waals surface area contributed by atoms with E-state index in [1.165, 1.54) is 36.6 Å². The first kappa shape index (κ1) is 15.0. The number of halogens is 4. The Morgan fingerprint density at radius 2 is 1.85 bits per heavy atom. The minimum atomic E-state index is -4.33. The number of alkyl halides is 3. The van der Waals surface area contributed by atoms with Crippen LogP contribution in [-0.2, 0) is 0 Å². The van der Waals surface area contributed by atoms with Gasteiger partial charge in [-0.05, 0) is 58.0 Å². The van der Waals surface area contributed by atoms with E-state index in [-0.39, 0.29) is 16.7 Å². The third-order valence-electron chi connectivity index (χ3n) is 2.21. The van der Waals surface area contributed by atoms with E-state index < -0.39 is 11.4 Å². The fourth-order valence-electron chi connectivity index (χ4n) is 1.39. The van der Waals surface area contributed by atoms with E-state index in [1.54, 1.807) is 0 Å². The number of anilines is 1. The molecule has 1 heterocycles. The number of hydrogen-bond donors (Lipinski definition) is 1. The average molecular weight is 366 g/mol. The monoisotopic (exact) mass is 365 g/mol. The number of amides is 1. The molecule has 2 aromatic rings. The van der Waals surface area contributed by atoms with Crippen LogP contribution in [0.2, 0.25) is 0 Å². The molecule has 106 valence electrons. The van der Waals surface area contributed by atoms with Gasteiger partial charge in [0.05, 0.1) is 11.8 Å². The lowest BCUT2D eigenvalue weighted by Gasteiger charge is -2.07. The van der Waals surface area contributed by atoms with Gasteiger partial charge in [-0.3, -0.25) is 4.79 Å². The summed E-state index contributed by atoms with van der Waals surface area (Å²) in [6, 6.07) is 6.86. The Balaban J connectivity index is 2.04. The molecular weight excluding hydrogens is 359 g/mol. The summed E-state index contributed by atoms with van der Waals surface area (Å²) in [5.74, 6) is -0.415. The molecule has 1 aromatic carbocycles. The highest BCUT2D eigenvalue weighted by Gasteiger charge is 2.29. The number of hydrogen-bond acceptors (Lipinski definition) is 3. The van der Waals surface area contributed by atoms with Crippen LogP contribution < -0.4 is 5.32 Å². The fourth-order valence-corrected chi connectivity index (χ4v) is 2.35. The number of benzene rings is 1. The van der Waals surface area contributed by atoms with E-state index in [1.807, 2.05) is 0 Å². The predicted octanol–water partition coefficient (Wildman–Crippen LogP) is 4.91. The van der Waals surface area contributed by atoms with Gasteiger partial charge in [-0.2, -0.15) is 13.2 Å². The van der Waals surface area contributed by atoms with Gasteiger partial charge in [-0.15, -0.1) is 0 Å². The van der Waals surface area contributed by atoms with Crippen molar-refractivity contribution in [1.29, 1.82) is 0 Å². The lowest BCUT2D eigenvalue weighted by molar-refractivity contribution is -0.0328. The summed E-state index contributed by atoms with van der Waals surface area (Å²) < 4.78 is 41.7. The molecule has 0 fully saturated rings. The van der Waals surface area contributed by atoms with Gasteiger partial charge in [-0.1, -0.05) is 0 Å². The highest BCUT2D eigenvalue weighted by molar-refractivity contribution is 9.10. The summed E-state index contributed by atoms with van der Waals surface area (Å²) in [7, 11) is 0. The third-order valence-corrected chi connectivity index (χ3v) is 3.56. The molecule has 20 heavy (non-hydrogen) atoms. The lowest BCUT2D eigenvalue weighted by Crippen LogP contribution is -2.11. The second-order valence-electron chi connectivity index (χ2n) is 3.63. The number of nitrogens with one attached hydrogen (secondary N) is 1. The molecule has 1 N–H and O–H groups in total. The van der Waals surface area contributed by atoms with Crippen LogP contribution in [0.4, 0.5) is 18.9 Å². The highest BCUT2D eigenvalue weighted by Crippen LogP contribution is 2.37. The largest absolute Gasteiger partial charge is 0.457 e. The Bertz CT molecular complexity index is 610. The van der Waals surface area contributed by atoms with Crippen LogP contribution in [0.25, 0.3) is 0 Å². The molecule has 0 aliphatic rings. The third kappa shape index (κ3) is 4.04. The summed E-state index contributed by atoms with van der Waals surface area (Å²) in [4.78, 5) is 11.9. The average Bonchev–Trinajstić information content (AvgIpc) is 2.76. The summed E-state index contributed by atoms with van der Waals surface area (Å²) in [6.45, 7) is 0. The van der Waals surface area contributed by atoms with Crippen molar-refractivity contribution in [1.82, 2.24) is 0 Å². The summed E-state index contributed by atoms with van der Waals surface area (Å²) in [5.41, 5.74) is -3.62. The van der Waals surface area contributed by atoms with Crippen molar-refractivity contribution in [3.63, 3.8) is 0 Å². The van der Waals surface area contributed by atoms with E-state index in [2.05, 4.69) is 21.2 Å². The Labute approximate surface area is 124 Å². The van der Waals surface area contributed by atoms with Crippen LogP contribution >= 0.6 is 27.7 Å². The number of carbonyl (C=O) groups is 1. The molecule has 1 amide bonds. The first-order valence-electron chi connectivity index (χ1n) is 5.25. The summed E-state index contributed by atoms with van der Waals surface area (Å²) in [5, 5.41) is 2.56. The summed E-state index contributed by atoms with van der Waals surface area (Å²) in [6.07, 6.45) is 1.35. The molecule has 0 aliphatic carbocycles. The standard InChI is InChI=1S/C12H7BrF3NO2S/c13-10-9(5-6-19-10)11(18)17-7-1-3-8(4-2-7)20-12(14,15)16/h1-6H,(H,17,18). The van der Waals surface area contributed by atoms with Gasteiger partial charge in [0, 0.05) is 10.6 Å². The predicted molar refractivity (Wildman–Crippen MR) is 72.7 cm³/mol. The SMILES string of the molecule is O=C(Nc1ccc(SC(F)(F)F)cc1)c1ccoc1Br. The molecule has 0 bridgehead atoms. The van der Waals surface area contributed by atoms with Gasteiger partial charge in [-0.25, -0.2) is 0 Å². The molecule has 8 heteroatoms. The second-order valence-corrected chi connectivity index (χ2v) is 5.49. The van der Waals surface area contributed by atoms with Gasteiger partial charge >= 0.3 is 5.51 Å². The van der Waals surface area contributed by atoms with Crippen molar-refractivity contribution in [2.24, 2.45) is 0 Å². The Kier molecular flexibility index (Phi) is 4.44. The van der Waals surface area contributed by atoms with Crippen LogP contribution in [0, 0.1) is 0 Å². The van der Waals surface area contributed by atoms with Crippen LogP contribution in [0.5, 0.6) is 0 Å². The first-order valence-corrected chi connectivity index (χ1v) is 6.86. The normalized spacial score (nSPS) is 11.4. The quantitative estimate of drug-likeness (QED) is 0.786. The van der Waals surface area contributed by atoms with Gasteiger partial charge in [0.25, 0.3) is 5.91 Å². The second kappa shape index (κ2) is 5.92. The maximum atomic E-state index is 12.2. The van der Waals surface area contributed by atoms with Crippen LogP contribution in [0.1, 0.15) is 10.4 Å². The fraction of sp³-hybridized carbons (Fsp3) is 0.0833. The van der Waals surface area contributed by atoms with Crippen molar-refractivity contribution < 1.29 is 22.4 Å². The Hall–Kier alpha value is -1.41.